The number of benzene rings is 1. The van der Waals surface area contributed by atoms with E-state index in [0.29, 0.717) is 5.13 Å². The number of hydrogen-bond donors (Lipinski definition) is 1. The van der Waals surface area contributed by atoms with Crippen molar-refractivity contribution in [3.8, 4) is 11.3 Å². The average molecular weight is 352 g/mol. The fraction of sp³-hybridized carbons (Fsp3) is 0.316. The molecule has 0 fully saturated rings. The van der Waals surface area contributed by atoms with Crippen LogP contribution in [0.15, 0.2) is 35.8 Å². The second-order valence-corrected chi connectivity index (χ2v) is 7.29. The smallest absolute Gasteiger partial charge is 0.232 e. The summed E-state index contributed by atoms with van der Waals surface area (Å²) in [6.07, 6.45) is 6.98. The Morgan fingerprint density at radius 2 is 2.08 bits per heavy atom. The predicted molar refractivity (Wildman–Crippen MR) is 99.7 cm³/mol. The highest BCUT2D eigenvalue weighted by molar-refractivity contribution is 7.14. The van der Waals surface area contributed by atoms with E-state index in [-0.39, 0.29) is 12.3 Å². The zero-order chi connectivity index (χ0) is 17.2. The first-order chi connectivity index (χ1) is 12.2. The molecule has 3 aromatic rings. The number of rotatable bonds is 4. The van der Waals surface area contributed by atoms with Crippen molar-refractivity contribution in [2.75, 3.05) is 5.32 Å². The number of nitrogens with one attached hydrogen (secondary N) is 1. The van der Waals surface area contributed by atoms with Crippen molar-refractivity contribution >= 4 is 22.4 Å². The molecule has 1 aromatic carbocycles. The zero-order valence-electron chi connectivity index (χ0n) is 14.2. The molecule has 0 radical (unpaired) electrons. The lowest BCUT2D eigenvalue weighted by molar-refractivity contribution is -0.115. The van der Waals surface area contributed by atoms with Crippen molar-refractivity contribution in [2.24, 2.45) is 7.05 Å². The second-order valence-electron chi connectivity index (χ2n) is 6.43. The van der Waals surface area contributed by atoms with Gasteiger partial charge >= 0.3 is 0 Å². The Bertz CT molecular complexity index is 912. The lowest BCUT2D eigenvalue weighted by Crippen LogP contribution is -2.14. The summed E-state index contributed by atoms with van der Waals surface area (Å²) in [4.78, 5) is 16.7. The van der Waals surface area contributed by atoms with Gasteiger partial charge in [0, 0.05) is 24.2 Å². The number of carbonyl (C=O) groups excluding carboxylic acids is 1. The molecule has 1 amide bonds. The van der Waals surface area contributed by atoms with Crippen molar-refractivity contribution in [1.29, 1.82) is 0 Å². The van der Waals surface area contributed by atoms with E-state index in [1.165, 1.54) is 41.7 Å². The summed E-state index contributed by atoms with van der Waals surface area (Å²) in [5.41, 5.74) is 5.71. The van der Waals surface area contributed by atoms with Crippen LogP contribution in [0.1, 0.15) is 29.7 Å². The maximum Gasteiger partial charge on any atom is 0.232 e. The van der Waals surface area contributed by atoms with E-state index in [0.717, 1.165) is 23.4 Å². The maximum absolute atomic E-state index is 12.1. The summed E-state index contributed by atoms with van der Waals surface area (Å²) in [6.45, 7) is 0. The molecule has 0 atom stereocenters. The highest BCUT2D eigenvalue weighted by atomic mass is 32.1. The fourth-order valence-electron chi connectivity index (χ4n) is 3.24. The third-order valence-electron chi connectivity index (χ3n) is 4.51. The van der Waals surface area contributed by atoms with E-state index in [4.69, 9.17) is 0 Å². The Balaban J connectivity index is 1.45. The van der Waals surface area contributed by atoms with Crippen LogP contribution in [-0.2, 0) is 31.1 Å². The number of aromatic nitrogens is 3. The van der Waals surface area contributed by atoms with Gasteiger partial charge in [-0.25, -0.2) is 4.98 Å². The topological polar surface area (TPSA) is 59.8 Å². The molecule has 0 unspecified atom stereocenters. The molecule has 5 nitrogen and oxygen atoms in total. The Morgan fingerprint density at radius 1 is 1.24 bits per heavy atom. The number of carbonyl (C=O) groups is 1. The van der Waals surface area contributed by atoms with Crippen molar-refractivity contribution in [1.82, 2.24) is 14.8 Å². The molecule has 25 heavy (non-hydrogen) atoms. The highest BCUT2D eigenvalue weighted by Gasteiger charge is 2.13. The third kappa shape index (κ3) is 3.64. The third-order valence-corrected chi connectivity index (χ3v) is 5.26. The van der Waals surface area contributed by atoms with E-state index in [2.05, 4.69) is 33.6 Å². The summed E-state index contributed by atoms with van der Waals surface area (Å²) in [7, 11) is 1.84. The van der Waals surface area contributed by atoms with Gasteiger partial charge in [-0.3, -0.25) is 9.48 Å². The van der Waals surface area contributed by atoms with Gasteiger partial charge in [0.15, 0.2) is 5.13 Å². The van der Waals surface area contributed by atoms with Crippen LogP contribution in [-0.4, -0.2) is 20.7 Å². The molecule has 0 spiro atoms. The molecule has 4 rings (SSSR count). The van der Waals surface area contributed by atoms with Gasteiger partial charge < -0.3 is 5.32 Å². The molecule has 1 aliphatic carbocycles. The molecular formula is C19H20N4OS. The van der Waals surface area contributed by atoms with Crippen molar-refractivity contribution in [3.05, 3.63) is 52.7 Å². The van der Waals surface area contributed by atoms with Gasteiger partial charge in [-0.15, -0.1) is 11.3 Å². The summed E-state index contributed by atoms with van der Waals surface area (Å²) in [5, 5.41) is 9.73. The van der Waals surface area contributed by atoms with Crippen LogP contribution < -0.4 is 5.32 Å². The number of hydrogen-bond acceptors (Lipinski definition) is 4. The molecule has 0 aliphatic heterocycles. The standard InChI is InChI=1S/C19H20N4OS/c1-23-9-8-16(22-23)11-18(24)21-19-20-17(12-25-19)15-7-6-13-4-2-3-5-14(13)10-15/h6-10,12H,2-5,11H2,1H3,(H,20,21,24). The molecule has 0 saturated heterocycles. The number of thiazole rings is 1. The maximum atomic E-state index is 12.1. The molecule has 2 heterocycles. The highest BCUT2D eigenvalue weighted by Crippen LogP contribution is 2.29. The summed E-state index contributed by atoms with van der Waals surface area (Å²) >= 11 is 1.46. The van der Waals surface area contributed by atoms with Crippen LogP contribution in [0.25, 0.3) is 11.3 Å². The SMILES string of the molecule is Cn1ccc(CC(=O)Nc2nc(-c3ccc4c(c3)CCCC4)cs2)n1. The Morgan fingerprint density at radius 3 is 2.88 bits per heavy atom. The first-order valence-electron chi connectivity index (χ1n) is 8.53. The van der Waals surface area contributed by atoms with Crippen molar-refractivity contribution in [3.63, 3.8) is 0 Å². The minimum Gasteiger partial charge on any atom is -0.302 e. The van der Waals surface area contributed by atoms with Crippen LogP contribution in [0.4, 0.5) is 5.13 Å². The Hall–Kier alpha value is -2.47. The van der Waals surface area contributed by atoms with Crippen LogP contribution in [0, 0.1) is 0 Å². The summed E-state index contributed by atoms with van der Waals surface area (Å²) in [5.74, 6) is -0.0926. The molecule has 128 valence electrons. The van der Waals surface area contributed by atoms with Crippen LogP contribution in [0.2, 0.25) is 0 Å². The first kappa shape index (κ1) is 16.0. The first-order valence-corrected chi connectivity index (χ1v) is 9.41. The number of amides is 1. The Kier molecular flexibility index (Phi) is 4.36. The molecule has 1 N–H and O–H groups in total. The van der Waals surface area contributed by atoms with Gasteiger partial charge in [-0.2, -0.15) is 5.10 Å². The quantitative estimate of drug-likeness (QED) is 0.780. The summed E-state index contributed by atoms with van der Waals surface area (Å²) < 4.78 is 1.69. The van der Waals surface area contributed by atoms with Gasteiger partial charge in [0.2, 0.25) is 5.91 Å². The van der Waals surface area contributed by atoms with E-state index < -0.39 is 0 Å². The number of fused-ring (bicyclic) bond motifs is 1. The second kappa shape index (κ2) is 6.80. The number of anilines is 1. The van der Waals surface area contributed by atoms with Gasteiger partial charge in [0.05, 0.1) is 17.8 Å². The zero-order valence-corrected chi connectivity index (χ0v) is 15.0. The number of aryl methyl sites for hydroxylation is 3. The van der Waals surface area contributed by atoms with Gasteiger partial charge in [-0.05, 0) is 48.9 Å². The molecular weight excluding hydrogens is 332 g/mol. The van der Waals surface area contributed by atoms with Crippen LogP contribution in [0.5, 0.6) is 0 Å². The fourth-order valence-corrected chi connectivity index (χ4v) is 3.98. The minimum absolute atomic E-state index is 0.0926. The normalized spacial score (nSPS) is 13.5. The lowest BCUT2D eigenvalue weighted by atomic mass is 9.90. The van der Waals surface area contributed by atoms with E-state index in [1.807, 2.05) is 24.7 Å². The largest absolute Gasteiger partial charge is 0.302 e. The van der Waals surface area contributed by atoms with Gasteiger partial charge in [0.25, 0.3) is 0 Å². The van der Waals surface area contributed by atoms with Crippen LogP contribution >= 0.6 is 11.3 Å². The Labute approximate surface area is 150 Å². The van der Waals surface area contributed by atoms with Gasteiger partial charge in [0.1, 0.15) is 0 Å². The number of nitrogens with zero attached hydrogens (tertiary/aromatic N) is 3. The molecule has 2 aromatic heterocycles. The van der Waals surface area contributed by atoms with Gasteiger partial charge in [-0.1, -0.05) is 12.1 Å². The van der Waals surface area contributed by atoms with E-state index in [1.54, 1.807) is 4.68 Å². The molecule has 1 aliphatic rings. The lowest BCUT2D eigenvalue weighted by Gasteiger charge is -2.16. The predicted octanol–water partition coefficient (Wildman–Crippen LogP) is 3.60. The monoisotopic (exact) mass is 352 g/mol. The molecule has 0 bridgehead atoms. The molecule has 6 heteroatoms. The van der Waals surface area contributed by atoms with E-state index in [9.17, 15) is 4.79 Å². The summed E-state index contributed by atoms with van der Waals surface area (Å²) in [6, 6.07) is 8.46. The molecule has 0 saturated carbocycles. The minimum atomic E-state index is -0.0926. The van der Waals surface area contributed by atoms with Crippen LogP contribution in [0.3, 0.4) is 0 Å². The van der Waals surface area contributed by atoms with Crippen molar-refractivity contribution in [2.45, 2.75) is 32.1 Å². The van der Waals surface area contributed by atoms with Crippen molar-refractivity contribution < 1.29 is 4.79 Å². The van der Waals surface area contributed by atoms with E-state index >= 15 is 0 Å². The average Bonchev–Trinajstić information content (AvgIpc) is 3.23.